The molecule has 0 amide bonds. The molecule has 0 spiro atoms. The van der Waals surface area contributed by atoms with Crippen LogP contribution in [0.4, 0.5) is 0 Å². The van der Waals surface area contributed by atoms with E-state index in [9.17, 15) is 0 Å². The molecule has 1 heteroatoms. The Morgan fingerprint density at radius 3 is 1.75 bits per heavy atom. The van der Waals surface area contributed by atoms with E-state index in [0.29, 0.717) is 0 Å². The molecule has 1 heterocycles. The Hall–Kier alpha value is 0.430. The minimum Gasteiger partial charge on any atom is -0.122 e. The third-order valence-corrected chi connectivity index (χ3v) is 3.12. The van der Waals surface area contributed by atoms with E-state index in [-0.39, 0.29) is 0 Å². The Kier molecular flexibility index (Phi) is 3.54. The lowest BCUT2D eigenvalue weighted by Crippen LogP contribution is -1.88. The van der Waals surface area contributed by atoms with Gasteiger partial charge < -0.3 is 0 Å². The van der Waals surface area contributed by atoms with Gasteiger partial charge in [-0.15, -0.1) is 8.58 Å². The summed E-state index contributed by atoms with van der Waals surface area (Å²) in [6.07, 6.45) is 10.6. The highest BCUT2D eigenvalue weighted by atomic mass is 31.1. The van der Waals surface area contributed by atoms with Crippen LogP contribution < -0.4 is 0 Å². The van der Waals surface area contributed by atoms with Crippen molar-refractivity contribution in [2.75, 3.05) is 12.3 Å². The van der Waals surface area contributed by atoms with E-state index >= 15 is 0 Å². The second-order valence-electron chi connectivity index (χ2n) is 2.52. The van der Waals surface area contributed by atoms with Crippen molar-refractivity contribution >= 4 is 8.58 Å². The predicted octanol–water partition coefficient (Wildman–Crippen LogP) is 2.63. The van der Waals surface area contributed by atoms with Gasteiger partial charge in [-0.1, -0.05) is 19.3 Å². The molecule has 0 saturated carbocycles. The van der Waals surface area contributed by atoms with Gasteiger partial charge in [-0.25, -0.2) is 0 Å². The summed E-state index contributed by atoms with van der Waals surface area (Å²) < 4.78 is 0. The van der Waals surface area contributed by atoms with Crippen LogP contribution in [0.25, 0.3) is 0 Å². The topological polar surface area (TPSA) is 0 Å². The lowest BCUT2D eigenvalue weighted by atomic mass is 10.2. The van der Waals surface area contributed by atoms with Crippen molar-refractivity contribution in [3.63, 3.8) is 0 Å². The molecule has 0 aromatic heterocycles. The Morgan fingerprint density at radius 1 is 0.625 bits per heavy atom. The van der Waals surface area contributed by atoms with Crippen LogP contribution in [0.1, 0.15) is 32.1 Å². The maximum atomic E-state index is 1.53. The summed E-state index contributed by atoms with van der Waals surface area (Å²) in [5, 5.41) is 0. The van der Waals surface area contributed by atoms with Crippen LogP contribution in [0.15, 0.2) is 0 Å². The number of hydrogen-bond donors (Lipinski definition) is 0. The average Bonchev–Trinajstić information content (AvgIpc) is 1.62. The summed E-state index contributed by atoms with van der Waals surface area (Å²) in [5.41, 5.74) is 0. The first kappa shape index (κ1) is 6.55. The summed E-state index contributed by atoms with van der Waals surface area (Å²) in [6, 6.07) is 0. The molecule has 0 bridgehead atoms. The molecule has 1 saturated heterocycles. The summed E-state index contributed by atoms with van der Waals surface area (Å²) in [6.45, 7) is 0. The van der Waals surface area contributed by atoms with Crippen LogP contribution >= 0.6 is 8.58 Å². The van der Waals surface area contributed by atoms with E-state index < -0.39 is 0 Å². The Bertz CT molecular complexity index is 28.3. The summed E-state index contributed by atoms with van der Waals surface area (Å²) in [7, 11) is 1.29. The average molecular weight is 130 g/mol. The maximum absolute atomic E-state index is 1.53. The molecule has 0 atom stereocenters. The lowest BCUT2D eigenvalue weighted by molar-refractivity contribution is 0.651. The Balaban J connectivity index is 2.00. The SMILES string of the molecule is C1CCCPCCC1. The predicted molar refractivity (Wildman–Crippen MR) is 41.1 cm³/mol. The molecule has 0 aromatic carbocycles. The highest BCUT2D eigenvalue weighted by Gasteiger charge is 1.95. The molecule has 1 aliphatic rings. The van der Waals surface area contributed by atoms with Gasteiger partial charge in [0, 0.05) is 0 Å². The van der Waals surface area contributed by atoms with E-state index in [4.69, 9.17) is 0 Å². The van der Waals surface area contributed by atoms with Crippen LogP contribution in [-0.2, 0) is 0 Å². The third-order valence-electron chi connectivity index (χ3n) is 1.71. The largest absolute Gasteiger partial charge is 0.122 e. The van der Waals surface area contributed by atoms with E-state index in [1.807, 2.05) is 0 Å². The van der Waals surface area contributed by atoms with Gasteiger partial charge in [0.05, 0.1) is 0 Å². The molecule has 0 N–H and O–H groups in total. The van der Waals surface area contributed by atoms with Crippen molar-refractivity contribution < 1.29 is 0 Å². The van der Waals surface area contributed by atoms with Crippen molar-refractivity contribution in [1.29, 1.82) is 0 Å². The zero-order chi connectivity index (χ0) is 5.66. The first-order valence-corrected chi connectivity index (χ1v) is 5.12. The van der Waals surface area contributed by atoms with Gasteiger partial charge in [0.25, 0.3) is 0 Å². The first-order valence-electron chi connectivity index (χ1n) is 3.71. The van der Waals surface area contributed by atoms with Crippen LogP contribution in [0.3, 0.4) is 0 Å². The highest BCUT2D eigenvalue weighted by Crippen LogP contribution is 2.20. The summed E-state index contributed by atoms with van der Waals surface area (Å²) in [4.78, 5) is 0. The molecule has 0 aromatic rings. The molecular weight excluding hydrogens is 115 g/mol. The van der Waals surface area contributed by atoms with Gasteiger partial charge in [0.1, 0.15) is 0 Å². The van der Waals surface area contributed by atoms with E-state index in [2.05, 4.69) is 0 Å². The molecule has 1 rings (SSSR count). The quantitative estimate of drug-likeness (QED) is 0.442. The van der Waals surface area contributed by atoms with E-state index in [1.165, 1.54) is 53.0 Å². The molecule has 0 aliphatic carbocycles. The van der Waals surface area contributed by atoms with Crippen LogP contribution in [0, 0.1) is 0 Å². The molecule has 1 aliphatic heterocycles. The van der Waals surface area contributed by atoms with Gasteiger partial charge in [0.2, 0.25) is 0 Å². The summed E-state index contributed by atoms with van der Waals surface area (Å²) >= 11 is 0. The van der Waals surface area contributed by atoms with Crippen molar-refractivity contribution in [2.24, 2.45) is 0 Å². The lowest BCUT2D eigenvalue weighted by Gasteiger charge is -2.06. The molecule has 0 unspecified atom stereocenters. The fourth-order valence-corrected chi connectivity index (χ4v) is 2.41. The Morgan fingerprint density at radius 2 is 1.12 bits per heavy atom. The minimum atomic E-state index is 1.29. The minimum absolute atomic E-state index is 1.29. The van der Waals surface area contributed by atoms with Crippen molar-refractivity contribution in [3.8, 4) is 0 Å². The van der Waals surface area contributed by atoms with E-state index in [1.54, 1.807) is 0 Å². The smallest absolute Gasteiger partial charge is 0.0353 e. The van der Waals surface area contributed by atoms with Gasteiger partial charge in [-0.05, 0) is 25.2 Å². The standard InChI is InChI=1S/C7H15P/c1-2-4-6-8-7-5-3-1/h8H,1-7H2. The monoisotopic (exact) mass is 130 g/mol. The second-order valence-corrected chi connectivity index (χ2v) is 4.02. The molecular formula is C7H15P. The molecule has 48 valence electrons. The van der Waals surface area contributed by atoms with Crippen LogP contribution in [0.2, 0.25) is 0 Å². The number of hydrogen-bond acceptors (Lipinski definition) is 0. The fraction of sp³-hybridized carbons (Fsp3) is 1.00. The van der Waals surface area contributed by atoms with Gasteiger partial charge in [-0.2, -0.15) is 0 Å². The maximum Gasteiger partial charge on any atom is -0.0353 e. The van der Waals surface area contributed by atoms with Gasteiger partial charge >= 0.3 is 0 Å². The van der Waals surface area contributed by atoms with Gasteiger partial charge in [-0.3, -0.25) is 0 Å². The molecule has 0 radical (unpaired) electrons. The first-order chi connectivity index (χ1) is 4.00. The molecule has 0 nitrogen and oxygen atoms in total. The normalized spacial score (nSPS) is 24.0. The van der Waals surface area contributed by atoms with Crippen molar-refractivity contribution in [3.05, 3.63) is 0 Å². The Labute approximate surface area is 53.8 Å². The number of rotatable bonds is 0. The zero-order valence-corrected chi connectivity index (χ0v) is 6.45. The van der Waals surface area contributed by atoms with Gasteiger partial charge in [0.15, 0.2) is 0 Å². The fourth-order valence-electron chi connectivity index (χ4n) is 1.16. The second kappa shape index (κ2) is 4.32. The highest BCUT2D eigenvalue weighted by molar-refractivity contribution is 7.37. The molecule has 1 fully saturated rings. The van der Waals surface area contributed by atoms with Crippen LogP contribution in [-0.4, -0.2) is 12.3 Å². The van der Waals surface area contributed by atoms with E-state index in [0.717, 1.165) is 0 Å². The molecule has 8 heavy (non-hydrogen) atoms. The zero-order valence-electron chi connectivity index (χ0n) is 5.45. The van der Waals surface area contributed by atoms with Crippen LogP contribution in [0.5, 0.6) is 0 Å². The third kappa shape index (κ3) is 2.67. The van der Waals surface area contributed by atoms with Crippen molar-refractivity contribution in [2.45, 2.75) is 32.1 Å². The van der Waals surface area contributed by atoms with Crippen molar-refractivity contribution in [1.82, 2.24) is 0 Å². The summed E-state index contributed by atoms with van der Waals surface area (Å²) in [5.74, 6) is 0.